The Kier molecular flexibility index (Phi) is 37.5. The number of carbonyl (C=O) groups is 2. The number of hydrogen-bond donors (Lipinski definition) is 0. The lowest BCUT2D eigenvalue weighted by Crippen LogP contribution is -2.39. The predicted octanol–water partition coefficient (Wildman–Crippen LogP) is 12.7. The molecule has 0 saturated heterocycles. The lowest BCUT2D eigenvalue weighted by Gasteiger charge is -2.28. The quantitative estimate of drug-likeness (QED) is 0.0385. The van der Waals surface area contributed by atoms with Crippen LogP contribution in [0.5, 0.6) is 0 Å². The van der Waals surface area contributed by atoms with E-state index in [9.17, 15) is 24.4 Å². The Balaban J connectivity index is 0.000000900. The van der Waals surface area contributed by atoms with Gasteiger partial charge in [0.2, 0.25) is 0 Å². The summed E-state index contributed by atoms with van der Waals surface area (Å²) in [5.74, 6) is -2.61. The molecule has 0 aliphatic carbocycles. The molecule has 0 fully saturated rings. The Morgan fingerprint density at radius 2 is 0.597 bits per heavy atom. The van der Waals surface area contributed by atoms with E-state index in [1.54, 1.807) is 0 Å². The molecule has 2 aromatic carbocycles. The van der Waals surface area contributed by atoms with Crippen molar-refractivity contribution >= 4 is 23.1 Å². The van der Waals surface area contributed by atoms with Gasteiger partial charge < -0.3 is 33.3 Å². The first-order chi connectivity index (χ1) is 29.7. The summed E-state index contributed by atoms with van der Waals surface area (Å²) in [5, 5.41) is 21.2. The number of aromatic carboxylic acids is 2. The molecule has 62 heavy (non-hydrogen) atoms. The van der Waals surface area contributed by atoms with Gasteiger partial charge in [-0.1, -0.05) is 168 Å². The van der Waals surface area contributed by atoms with Crippen LogP contribution in [0.15, 0.2) is 58.3 Å². The molecular weight excluding hydrogens is 789 g/mol. The Morgan fingerprint density at radius 3 is 0.790 bits per heavy atom. The van der Waals surface area contributed by atoms with E-state index in [1.807, 2.05) is 0 Å². The number of quaternary nitrogens is 2. The summed E-state index contributed by atoms with van der Waals surface area (Å²) in [6, 6.07) is 10.9. The van der Waals surface area contributed by atoms with E-state index in [2.05, 4.69) is 55.9 Å². The maximum absolute atomic E-state index is 12.2. The molecule has 2 aromatic rings. The first-order valence-corrected chi connectivity index (χ1v) is 26.6. The van der Waals surface area contributed by atoms with E-state index in [0.29, 0.717) is 9.79 Å². The molecule has 0 heterocycles. The maximum Gasteiger partial charge on any atom is 0.158 e. The molecule has 0 spiro atoms. The number of benzene rings is 2. The molecule has 0 aromatic heterocycles. The van der Waals surface area contributed by atoms with Crippen molar-refractivity contribution in [2.45, 2.75) is 217 Å². The minimum atomic E-state index is -1.52. The zero-order valence-electron chi connectivity index (χ0n) is 41.6. The van der Waals surface area contributed by atoms with Crippen LogP contribution < -0.4 is 10.2 Å². The van der Waals surface area contributed by atoms with Gasteiger partial charge in [-0.25, -0.2) is 0 Å². The third-order valence-corrected chi connectivity index (χ3v) is 14.0. The van der Waals surface area contributed by atoms with Gasteiger partial charge in [0.05, 0.1) is 66.3 Å². The highest BCUT2D eigenvalue weighted by atomic mass is 32.2. The molecule has 0 atom stereocenters. The number of carbonyl (C=O) groups excluding carboxylic acids is 2. The topological polar surface area (TPSA) is 103 Å². The molecule has 0 N–H and O–H groups in total. The Hall–Kier alpha value is -2.39. The van der Waals surface area contributed by atoms with Crippen molar-refractivity contribution in [3.05, 3.63) is 59.7 Å². The fourth-order valence-electron chi connectivity index (χ4n) is 7.35. The van der Waals surface area contributed by atoms with E-state index >= 15 is 0 Å². The minimum absolute atomic E-state index is 0.00181. The zero-order valence-corrected chi connectivity index (χ0v) is 42.4. The molecule has 0 saturated carbocycles. The highest BCUT2D eigenvalue weighted by Crippen LogP contribution is 2.22. The number of carboxylic acid groups (broad SMARTS) is 2. The average molecular weight is 885 g/mol. The van der Waals surface area contributed by atoms with E-state index in [1.165, 1.54) is 263 Å². The molecule has 0 aliphatic heterocycles. The second-order valence-electron chi connectivity index (χ2n) is 19.0. The molecule has 0 amide bonds. The molecule has 0 unspecified atom stereocenters. The smallest absolute Gasteiger partial charge is 0.158 e. The molecular formula is C54H96N2O5S. The molecule has 0 bridgehead atoms. The van der Waals surface area contributed by atoms with Crippen molar-refractivity contribution in [1.29, 1.82) is 0 Å². The van der Waals surface area contributed by atoms with Gasteiger partial charge in [0, 0.05) is 11.2 Å². The zero-order chi connectivity index (χ0) is 46.3. The van der Waals surface area contributed by atoms with Crippen LogP contribution in [0.25, 0.3) is 0 Å². The van der Waals surface area contributed by atoms with Gasteiger partial charge in [0.15, 0.2) is 9.79 Å². The highest BCUT2D eigenvalue weighted by Gasteiger charge is 2.15. The van der Waals surface area contributed by atoms with Gasteiger partial charge in [-0.3, -0.25) is 0 Å². The summed E-state index contributed by atoms with van der Waals surface area (Å²) in [4.78, 5) is 22.0. The van der Waals surface area contributed by atoms with E-state index in [4.69, 9.17) is 0 Å². The molecule has 358 valence electrons. The van der Waals surface area contributed by atoms with Crippen LogP contribution in [0.4, 0.5) is 0 Å². The molecule has 7 nitrogen and oxygen atoms in total. The van der Waals surface area contributed by atoms with Crippen LogP contribution in [-0.2, 0) is 11.2 Å². The summed E-state index contributed by atoms with van der Waals surface area (Å²) in [5.41, 5.74) is -0.00361. The number of carboxylic acids is 2. The van der Waals surface area contributed by atoms with Gasteiger partial charge in [0.25, 0.3) is 0 Å². The van der Waals surface area contributed by atoms with E-state index in [-0.39, 0.29) is 11.1 Å². The van der Waals surface area contributed by atoms with Gasteiger partial charge in [0.1, 0.15) is 0 Å². The third kappa shape index (κ3) is 34.1. The maximum atomic E-state index is 12.2. The molecule has 0 aliphatic rings. The van der Waals surface area contributed by atoms with Crippen LogP contribution in [0.3, 0.4) is 0 Å². The molecule has 0 radical (unpaired) electrons. The highest BCUT2D eigenvalue weighted by molar-refractivity contribution is 7.91. The summed E-state index contributed by atoms with van der Waals surface area (Å²) >= 11 is -1.52. The summed E-state index contributed by atoms with van der Waals surface area (Å²) < 4.78 is 14.6. The van der Waals surface area contributed by atoms with Crippen LogP contribution in [0.1, 0.15) is 228 Å². The van der Waals surface area contributed by atoms with Gasteiger partial charge in [-0.15, -0.1) is 0 Å². The molecule has 8 heteroatoms. The van der Waals surface area contributed by atoms with Crippen LogP contribution in [0.2, 0.25) is 0 Å². The first-order valence-electron chi connectivity index (χ1n) is 25.4. The number of rotatable bonds is 36. The van der Waals surface area contributed by atoms with Crippen LogP contribution in [-0.4, -0.2) is 79.8 Å². The van der Waals surface area contributed by atoms with Gasteiger partial charge in [-0.2, -0.15) is 0 Å². The van der Waals surface area contributed by atoms with Crippen molar-refractivity contribution in [3.8, 4) is 0 Å². The lowest BCUT2D eigenvalue weighted by atomic mass is 10.0. The first kappa shape index (κ1) is 59.6. The predicted molar refractivity (Wildman–Crippen MR) is 262 cm³/mol. The Morgan fingerprint density at radius 1 is 0.387 bits per heavy atom. The fraction of sp³-hybridized carbons (Fsp3) is 0.741. The SMILES string of the molecule is CCCCCCCCCCCCCCCC[N+](C)(C)CC.CCCCCCCCCCCCCCCC[N+](C)(C)CC.O=C([O-])c1ccc([S+]([O-])c2ccc(C(=O)[O-])cc2)cc1. The van der Waals surface area contributed by atoms with Gasteiger partial charge in [-0.05, 0) is 99.2 Å². The Labute approximate surface area is 386 Å². The Bertz CT molecular complexity index is 1230. The lowest BCUT2D eigenvalue weighted by molar-refractivity contribution is -0.888. The second-order valence-corrected chi connectivity index (χ2v) is 20.5. The second kappa shape index (κ2) is 39.0. The van der Waals surface area contributed by atoms with Crippen LogP contribution in [0, 0.1) is 0 Å². The van der Waals surface area contributed by atoms with Crippen molar-refractivity contribution in [2.75, 3.05) is 54.4 Å². The monoisotopic (exact) mass is 885 g/mol. The normalized spacial score (nSPS) is 11.5. The van der Waals surface area contributed by atoms with Crippen molar-refractivity contribution < 1.29 is 33.3 Å². The fourth-order valence-corrected chi connectivity index (χ4v) is 8.39. The van der Waals surface area contributed by atoms with Crippen molar-refractivity contribution in [3.63, 3.8) is 0 Å². The summed E-state index contributed by atoms with van der Waals surface area (Å²) in [6.45, 7) is 14.4. The average Bonchev–Trinajstić information content (AvgIpc) is 3.26. The number of unbranched alkanes of at least 4 members (excludes halogenated alkanes) is 26. The van der Waals surface area contributed by atoms with E-state index < -0.39 is 23.1 Å². The minimum Gasteiger partial charge on any atom is -0.606 e. The van der Waals surface area contributed by atoms with Crippen molar-refractivity contribution in [1.82, 2.24) is 0 Å². The van der Waals surface area contributed by atoms with Crippen molar-refractivity contribution in [2.24, 2.45) is 0 Å². The summed E-state index contributed by atoms with van der Waals surface area (Å²) in [7, 11) is 9.40. The number of nitrogens with zero attached hydrogens (tertiary/aromatic N) is 2. The standard InChI is InChI=1S/2C20H44N.C14H10O5S/c2*1-5-7-8-9-10-11-12-13-14-15-16-17-18-19-20-21(3,4)6-2;15-13(16)9-1-5-11(6-2-9)20(19)12-7-3-10(4-8-12)14(17)18/h2*5-20H2,1-4H3;1-8H,(H,15,16)(H,17,18)/q2*+1;/p-2. The largest absolute Gasteiger partial charge is 0.606 e. The van der Waals surface area contributed by atoms with Gasteiger partial charge >= 0.3 is 0 Å². The van der Waals surface area contributed by atoms with E-state index in [0.717, 1.165) is 0 Å². The molecule has 2 rings (SSSR count). The third-order valence-electron chi connectivity index (χ3n) is 12.6. The van der Waals surface area contributed by atoms with Crippen LogP contribution >= 0.6 is 0 Å². The summed E-state index contributed by atoms with van der Waals surface area (Å²) in [6.07, 6.45) is 40.8. The number of hydrogen-bond acceptors (Lipinski definition) is 5.